The van der Waals surface area contributed by atoms with Crippen molar-refractivity contribution in [3.05, 3.63) is 28.8 Å². The van der Waals surface area contributed by atoms with Crippen LogP contribution in [0.1, 0.15) is 24.8 Å². The third-order valence-electron chi connectivity index (χ3n) is 2.95. The highest BCUT2D eigenvalue weighted by molar-refractivity contribution is 6.30. The quantitative estimate of drug-likeness (QED) is 0.856. The van der Waals surface area contributed by atoms with E-state index in [-0.39, 0.29) is 0 Å². The Balaban J connectivity index is 2.01. The molecule has 1 N–H and O–H groups in total. The molecule has 1 heterocycles. The summed E-state index contributed by atoms with van der Waals surface area (Å²) < 4.78 is 6.02. The van der Waals surface area contributed by atoms with Crippen LogP contribution < -0.4 is 10.1 Å². The summed E-state index contributed by atoms with van der Waals surface area (Å²) in [5.74, 6) is 0.969. The average molecular weight is 240 g/mol. The topological polar surface area (TPSA) is 21.3 Å². The van der Waals surface area contributed by atoms with Gasteiger partial charge in [0.2, 0.25) is 0 Å². The molecule has 0 bridgehead atoms. The predicted molar refractivity (Wildman–Crippen MR) is 67.3 cm³/mol. The van der Waals surface area contributed by atoms with Gasteiger partial charge in [-0.2, -0.15) is 0 Å². The zero-order valence-electron chi connectivity index (χ0n) is 9.63. The van der Waals surface area contributed by atoms with E-state index in [0.717, 1.165) is 42.3 Å². The highest BCUT2D eigenvalue weighted by Gasteiger charge is 2.14. The van der Waals surface area contributed by atoms with Crippen molar-refractivity contribution in [3.63, 3.8) is 0 Å². The lowest BCUT2D eigenvalue weighted by Crippen LogP contribution is -2.19. The van der Waals surface area contributed by atoms with Crippen LogP contribution >= 0.6 is 11.6 Å². The van der Waals surface area contributed by atoms with Crippen LogP contribution in [0.2, 0.25) is 5.02 Å². The van der Waals surface area contributed by atoms with Gasteiger partial charge in [0, 0.05) is 5.02 Å². The maximum atomic E-state index is 6.02. The molecule has 0 aromatic heterocycles. The maximum absolute atomic E-state index is 6.02. The first-order chi connectivity index (χ1) is 7.75. The van der Waals surface area contributed by atoms with Crippen LogP contribution in [-0.4, -0.2) is 19.2 Å². The fourth-order valence-corrected chi connectivity index (χ4v) is 2.26. The van der Waals surface area contributed by atoms with Crippen LogP contribution in [0.15, 0.2) is 18.2 Å². The Morgan fingerprint density at radius 2 is 2.19 bits per heavy atom. The molecule has 0 aliphatic carbocycles. The van der Waals surface area contributed by atoms with Gasteiger partial charge in [-0.15, -0.1) is 0 Å². The average Bonchev–Trinajstić information content (AvgIpc) is 2.51. The minimum atomic E-state index is 0.342. The summed E-state index contributed by atoms with van der Waals surface area (Å²) in [6.45, 7) is 4.20. The van der Waals surface area contributed by atoms with Gasteiger partial charge < -0.3 is 10.1 Å². The van der Waals surface area contributed by atoms with Crippen molar-refractivity contribution >= 4 is 11.6 Å². The van der Waals surface area contributed by atoms with Crippen LogP contribution in [-0.2, 0) is 0 Å². The summed E-state index contributed by atoms with van der Waals surface area (Å²) in [7, 11) is 0. The van der Waals surface area contributed by atoms with Gasteiger partial charge in [0.1, 0.15) is 5.75 Å². The van der Waals surface area contributed by atoms with E-state index in [1.54, 1.807) is 0 Å². The number of aryl methyl sites for hydroxylation is 1. The second-order valence-electron chi connectivity index (χ2n) is 4.33. The zero-order valence-corrected chi connectivity index (χ0v) is 10.4. The standard InChI is InChI=1S/C13H18ClNO/c1-10-9-11(14)4-5-13(10)16-12-3-2-7-15-8-6-12/h4-5,9,12,15H,2-3,6-8H2,1H3. The molecule has 88 valence electrons. The molecule has 1 saturated heterocycles. The summed E-state index contributed by atoms with van der Waals surface area (Å²) >= 11 is 5.92. The first-order valence-corrected chi connectivity index (χ1v) is 6.27. The van der Waals surface area contributed by atoms with Gasteiger partial charge in [-0.1, -0.05) is 11.6 Å². The number of nitrogens with one attached hydrogen (secondary N) is 1. The van der Waals surface area contributed by atoms with Gasteiger partial charge in [-0.05, 0) is 63.0 Å². The first-order valence-electron chi connectivity index (χ1n) is 5.89. The summed E-state index contributed by atoms with van der Waals surface area (Å²) in [6, 6.07) is 5.81. The van der Waals surface area contributed by atoms with Crippen LogP contribution in [0.3, 0.4) is 0 Å². The molecular weight excluding hydrogens is 222 g/mol. The van der Waals surface area contributed by atoms with E-state index in [2.05, 4.69) is 5.32 Å². The lowest BCUT2D eigenvalue weighted by atomic mass is 10.1. The second kappa shape index (κ2) is 5.55. The van der Waals surface area contributed by atoms with E-state index in [0.29, 0.717) is 6.10 Å². The molecule has 16 heavy (non-hydrogen) atoms. The Morgan fingerprint density at radius 3 is 3.00 bits per heavy atom. The molecular formula is C13H18ClNO. The minimum Gasteiger partial charge on any atom is -0.490 e. The molecule has 1 aromatic rings. The zero-order chi connectivity index (χ0) is 11.4. The van der Waals surface area contributed by atoms with Crippen molar-refractivity contribution in [1.29, 1.82) is 0 Å². The predicted octanol–water partition coefficient (Wildman–Crippen LogP) is 3.17. The summed E-state index contributed by atoms with van der Waals surface area (Å²) in [6.07, 6.45) is 3.75. The molecule has 1 atom stereocenters. The molecule has 0 radical (unpaired) electrons. The molecule has 0 saturated carbocycles. The van der Waals surface area contributed by atoms with Crippen LogP contribution in [0.5, 0.6) is 5.75 Å². The van der Waals surface area contributed by atoms with Crippen LogP contribution in [0.25, 0.3) is 0 Å². The van der Waals surface area contributed by atoms with E-state index in [9.17, 15) is 0 Å². The summed E-state index contributed by atoms with van der Waals surface area (Å²) in [4.78, 5) is 0. The van der Waals surface area contributed by atoms with E-state index >= 15 is 0 Å². The van der Waals surface area contributed by atoms with Crippen molar-refractivity contribution < 1.29 is 4.74 Å². The van der Waals surface area contributed by atoms with E-state index < -0.39 is 0 Å². The third-order valence-corrected chi connectivity index (χ3v) is 3.19. The fourth-order valence-electron chi connectivity index (χ4n) is 2.03. The number of rotatable bonds is 2. The van der Waals surface area contributed by atoms with Crippen LogP contribution in [0.4, 0.5) is 0 Å². The Kier molecular flexibility index (Phi) is 4.08. The van der Waals surface area contributed by atoms with E-state index in [4.69, 9.17) is 16.3 Å². The molecule has 3 heteroatoms. The van der Waals surface area contributed by atoms with Crippen molar-refractivity contribution in [2.75, 3.05) is 13.1 Å². The number of hydrogen-bond donors (Lipinski definition) is 1. The van der Waals surface area contributed by atoms with E-state index in [1.165, 1.54) is 6.42 Å². The van der Waals surface area contributed by atoms with Gasteiger partial charge >= 0.3 is 0 Å². The van der Waals surface area contributed by atoms with Gasteiger partial charge in [-0.25, -0.2) is 0 Å². The monoisotopic (exact) mass is 239 g/mol. The third kappa shape index (κ3) is 3.13. The van der Waals surface area contributed by atoms with Gasteiger partial charge in [0.15, 0.2) is 0 Å². The SMILES string of the molecule is Cc1cc(Cl)ccc1OC1CCCNCC1. The molecule has 0 spiro atoms. The number of benzene rings is 1. The molecule has 0 amide bonds. The molecule has 1 aliphatic heterocycles. The number of halogens is 1. The highest BCUT2D eigenvalue weighted by atomic mass is 35.5. The molecule has 1 aromatic carbocycles. The van der Waals surface area contributed by atoms with Crippen molar-refractivity contribution in [1.82, 2.24) is 5.32 Å². The Labute approximate surface area is 102 Å². The van der Waals surface area contributed by atoms with Gasteiger partial charge in [0.05, 0.1) is 6.10 Å². The molecule has 2 nitrogen and oxygen atoms in total. The fraction of sp³-hybridized carbons (Fsp3) is 0.538. The summed E-state index contributed by atoms with van der Waals surface area (Å²) in [5.41, 5.74) is 1.12. The second-order valence-corrected chi connectivity index (χ2v) is 4.77. The summed E-state index contributed by atoms with van der Waals surface area (Å²) in [5, 5.41) is 4.16. The van der Waals surface area contributed by atoms with Crippen molar-refractivity contribution in [3.8, 4) is 5.75 Å². The molecule has 1 fully saturated rings. The van der Waals surface area contributed by atoms with E-state index in [1.807, 2.05) is 25.1 Å². The van der Waals surface area contributed by atoms with Gasteiger partial charge in [-0.3, -0.25) is 0 Å². The first kappa shape index (κ1) is 11.7. The molecule has 2 rings (SSSR count). The largest absolute Gasteiger partial charge is 0.490 e. The van der Waals surface area contributed by atoms with Crippen LogP contribution in [0, 0.1) is 6.92 Å². The Morgan fingerprint density at radius 1 is 1.31 bits per heavy atom. The van der Waals surface area contributed by atoms with Gasteiger partial charge in [0.25, 0.3) is 0 Å². The van der Waals surface area contributed by atoms with Crippen molar-refractivity contribution in [2.45, 2.75) is 32.3 Å². The van der Waals surface area contributed by atoms with Crippen molar-refractivity contribution in [2.24, 2.45) is 0 Å². The molecule has 1 unspecified atom stereocenters. The maximum Gasteiger partial charge on any atom is 0.122 e. The number of ether oxygens (including phenoxy) is 1. The Bertz CT molecular complexity index is 346. The lowest BCUT2D eigenvalue weighted by molar-refractivity contribution is 0.186. The highest BCUT2D eigenvalue weighted by Crippen LogP contribution is 2.24. The lowest BCUT2D eigenvalue weighted by Gasteiger charge is -2.18. The minimum absolute atomic E-state index is 0.342. The Hall–Kier alpha value is -0.730. The smallest absolute Gasteiger partial charge is 0.122 e. The molecule has 1 aliphatic rings. The normalized spacial score (nSPS) is 21.5. The number of hydrogen-bond acceptors (Lipinski definition) is 2.